The molecule has 15 rings (SSSR count). The highest BCUT2D eigenvalue weighted by Gasteiger charge is 2.49. The Kier molecular flexibility index (Phi) is 8.49. The number of aryl methyl sites for hydroxylation is 1. The van der Waals surface area contributed by atoms with Crippen molar-refractivity contribution in [2.45, 2.75) is 59.5 Å². The molecule has 4 aliphatic rings. The van der Waals surface area contributed by atoms with Crippen LogP contribution < -0.4 is 63.3 Å². The molecule has 0 aromatic heterocycles. The second kappa shape index (κ2) is 14.5. The van der Waals surface area contributed by atoms with Gasteiger partial charge in [-0.05, 0) is 175 Å². The second-order valence-electron chi connectivity index (χ2n) is 23.1. The van der Waals surface area contributed by atoms with E-state index in [1.165, 1.54) is 136 Å². The first-order valence-electron chi connectivity index (χ1n) is 26.0. The van der Waals surface area contributed by atoms with E-state index in [1.807, 2.05) is 0 Å². The van der Waals surface area contributed by atoms with Crippen LogP contribution in [0.5, 0.6) is 0 Å². The Bertz CT molecular complexity index is 4000. The Morgan fingerprint density at radius 3 is 1.19 bits per heavy atom. The van der Waals surface area contributed by atoms with Gasteiger partial charge in [0.25, 0.3) is 0 Å². The minimum absolute atomic E-state index is 0.0471. The van der Waals surface area contributed by atoms with E-state index >= 15 is 0 Å². The van der Waals surface area contributed by atoms with Gasteiger partial charge < -0.3 is 9.80 Å². The van der Waals surface area contributed by atoms with Crippen LogP contribution >= 0.6 is 0 Å². The minimum atomic E-state index is -3.15. The summed E-state index contributed by atoms with van der Waals surface area (Å²) in [6.07, 6.45) is 0. The van der Waals surface area contributed by atoms with Gasteiger partial charge in [0.1, 0.15) is 0 Å². The summed E-state index contributed by atoms with van der Waals surface area (Å²) < 4.78 is 0. The van der Waals surface area contributed by atoms with Crippen LogP contribution in [-0.4, -0.2) is 32.6 Å². The molecule has 0 saturated heterocycles. The molecule has 0 atom stereocenters. The van der Waals surface area contributed by atoms with Crippen LogP contribution in [0.25, 0.3) is 54.6 Å². The van der Waals surface area contributed by atoms with Gasteiger partial charge in [-0.15, -0.1) is 0 Å². The van der Waals surface area contributed by atoms with E-state index in [1.54, 1.807) is 0 Å². The zero-order valence-corrected chi connectivity index (χ0v) is 43.1. The molecular weight excluding hydrogens is 882 g/mol. The molecule has 0 saturated carbocycles. The number of hydrogen-bond donors (Lipinski definition) is 0. The minimum Gasteiger partial charge on any atom is -0.337 e. The number of fused-ring (bicyclic) bond motifs is 8. The lowest BCUT2D eigenvalue weighted by Gasteiger charge is -2.47. The van der Waals surface area contributed by atoms with Crippen molar-refractivity contribution in [3.05, 3.63) is 206 Å². The molecule has 0 amide bonds. The normalized spacial score (nSPS) is 14.2. The van der Waals surface area contributed by atoms with Crippen molar-refractivity contribution < 1.29 is 0 Å². The summed E-state index contributed by atoms with van der Waals surface area (Å²) in [4.78, 5) is 5.25. The van der Waals surface area contributed by atoms with Gasteiger partial charge in [-0.3, -0.25) is 0 Å². The van der Waals surface area contributed by atoms with Crippen LogP contribution in [0.15, 0.2) is 200 Å². The molecule has 2 nitrogen and oxygen atoms in total. The van der Waals surface area contributed by atoms with Gasteiger partial charge in [-0.25, -0.2) is 0 Å². The van der Waals surface area contributed by atoms with E-state index in [0.29, 0.717) is 0 Å². The average Bonchev–Trinajstić information content (AvgIpc) is 3.39. The highest BCUT2D eigenvalue weighted by atomic mass is 28.3. The number of hydrogen-bond acceptors (Lipinski definition) is 2. The first-order valence-corrected chi connectivity index (χ1v) is 28.0. The standard InChI is InChI=1S/C67H54B2N2Si/c1-41-37-48-45-29-21-35-57-64(45)69(52-32-18-20-34-56(52)70(57)66(2,3)4)54-39-50-59(72(42-23-11-8-12-24-42,43-25-13-9-14-26-43)44-27-15-10-16-28-44)40-49-46-30-22-36-58-65(46)68(51-31-17-19-33-55(51)71(58)67(5,6)7)53-38-47(41)62(60(48)54)63(50)61(49)53/h8-40H,1-7H3. The summed E-state index contributed by atoms with van der Waals surface area (Å²) in [5.41, 5.74) is 20.2. The monoisotopic (exact) mass is 936 g/mol. The number of nitrogens with zero attached hydrogens (tertiary/aromatic N) is 2. The summed E-state index contributed by atoms with van der Waals surface area (Å²) in [5.74, 6) is 0. The molecule has 4 heterocycles. The lowest BCUT2D eigenvalue weighted by atomic mass is 9.31. The molecule has 0 spiro atoms. The maximum atomic E-state index is 2.74. The van der Waals surface area contributed by atoms with E-state index in [2.05, 4.69) is 258 Å². The summed E-state index contributed by atoms with van der Waals surface area (Å²) >= 11 is 0. The van der Waals surface area contributed by atoms with E-state index in [0.717, 1.165) is 0 Å². The predicted molar refractivity (Wildman–Crippen MR) is 315 cm³/mol. The molecule has 11 aromatic carbocycles. The van der Waals surface area contributed by atoms with Crippen molar-refractivity contribution in [3.8, 4) is 22.3 Å². The molecule has 4 aliphatic heterocycles. The summed E-state index contributed by atoms with van der Waals surface area (Å²) in [7, 11) is -3.15. The summed E-state index contributed by atoms with van der Waals surface area (Å²) in [6.45, 7) is 16.7. The fourth-order valence-electron chi connectivity index (χ4n) is 14.8. The molecule has 0 bridgehead atoms. The maximum absolute atomic E-state index is 3.15. The Morgan fingerprint density at radius 1 is 0.347 bits per heavy atom. The molecule has 0 N–H and O–H groups in total. The number of rotatable bonds is 4. The van der Waals surface area contributed by atoms with Crippen molar-refractivity contribution in [3.63, 3.8) is 0 Å². The van der Waals surface area contributed by atoms with Gasteiger partial charge in [-0.2, -0.15) is 0 Å². The van der Waals surface area contributed by atoms with Gasteiger partial charge in [0.15, 0.2) is 8.07 Å². The SMILES string of the molecule is Cc1cc2c3c(cc4c([Si](c5ccccc5)(c5ccccc5)c5ccccc5)cc5c6c(cc1c3c46)B1c3ccccc3N(C(C)(C)C)c3cccc-5c31)B1c3ccccc3N(C(C)(C)C)c3cccc-2c31. The van der Waals surface area contributed by atoms with E-state index < -0.39 is 8.07 Å². The number of para-hydroxylation sites is 2. The van der Waals surface area contributed by atoms with Crippen molar-refractivity contribution in [2.24, 2.45) is 0 Å². The Balaban J connectivity index is 1.20. The highest BCUT2D eigenvalue weighted by Crippen LogP contribution is 2.49. The van der Waals surface area contributed by atoms with Gasteiger partial charge in [0, 0.05) is 33.8 Å². The largest absolute Gasteiger partial charge is 0.337 e. The maximum Gasteiger partial charge on any atom is 0.248 e. The molecule has 0 unspecified atom stereocenters. The van der Waals surface area contributed by atoms with E-state index in [-0.39, 0.29) is 24.5 Å². The molecule has 0 radical (unpaired) electrons. The van der Waals surface area contributed by atoms with Crippen molar-refractivity contribution in [1.82, 2.24) is 0 Å². The Morgan fingerprint density at radius 2 is 0.736 bits per heavy atom. The van der Waals surface area contributed by atoms with Crippen molar-refractivity contribution in [2.75, 3.05) is 9.80 Å². The summed E-state index contributed by atoms with van der Waals surface area (Å²) in [5, 5.41) is 14.1. The summed E-state index contributed by atoms with van der Waals surface area (Å²) in [6, 6.07) is 78.5. The quantitative estimate of drug-likeness (QED) is 0.0987. The molecule has 342 valence electrons. The van der Waals surface area contributed by atoms with Crippen LogP contribution in [0.1, 0.15) is 47.1 Å². The van der Waals surface area contributed by atoms with Crippen LogP contribution in [0.4, 0.5) is 22.7 Å². The van der Waals surface area contributed by atoms with Crippen LogP contribution in [0.3, 0.4) is 0 Å². The third-order valence-electron chi connectivity index (χ3n) is 17.1. The smallest absolute Gasteiger partial charge is 0.248 e. The fourth-order valence-corrected chi connectivity index (χ4v) is 19.7. The molecule has 0 fully saturated rings. The van der Waals surface area contributed by atoms with Gasteiger partial charge in [0.05, 0.1) is 0 Å². The highest BCUT2D eigenvalue weighted by molar-refractivity contribution is 7.21. The zero-order chi connectivity index (χ0) is 48.6. The zero-order valence-electron chi connectivity index (χ0n) is 42.1. The molecule has 5 heteroatoms. The molecule has 72 heavy (non-hydrogen) atoms. The van der Waals surface area contributed by atoms with Crippen LogP contribution in [0, 0.1) is 6.92 Å². The van der Waals surface area contributed by atoms with E-state index in [4.69, 9.17) is 0 Å². The molecular formula is C67H54B2N2Si. The number of anilines is 4. The van der Waals surface area contributed by atoms with E-state index in [9.17, 15) is 0 Å². The molecule has 0 aliphatic carbocycles. The lowest BCUT2D eigenvalue weighted by Crippen LogP contribution is -2.75. The Labute approximate surface area is 425 Å². The third-order valence-corrected chi connectivity index (χ3v) is 22.0. The first-order chi connectivity index (χ1) is 35.0. The van der Waals surface area contributed by atoms with Gasteiger partial charge in [0.2, 0.25) is 13.4 Å². The van der Waals surface area contributed by atoms with Crippen molar-refractivity contribution in [1.29, 1.82) is 0 Å². The van der Waals surface area contributed by atoms with Crippen LogP contribution in [0.2, 0.25) is 0 Å². The third kappa shape index (κ3) is 5.32. The second-order valence-corrected chi connectivity index (χ2v) is 26.8. The lowest BCUT2D eigenvalue weighted by molar-refractivity contribution is 0.561. The van der Waals surface area contributed by atoms with Crippen molar-refractivity contribution >= 4 is 130 Å². The number of benzene rings is 11. The van der Waals surface area contributed by atoms with Gasteiger partial charge in [-0.1, -0.05) is 187 Å². The topological polar surface area (TPSA) is 6.48 Å². The predicted octanol–water partition coefficient (Wildman–Crippen LogP) is 9.76. The fraction of sp³-hybridized carbons (Fsp3) is 0.134. The molecule has 11 aromatic rings. The Hall–Kier alpha value is -7.59. The van der Waals surface area contributed by atoms with Gasteiger partial charge >= 0.3 is 0 Å². The first kappa shape index (κ1) is 42.1. The van der Waals surface area contributed by atoms with Crippen LogP contribution in [-0.2, 0) is 0 Å². The average molecular weight is 937 g/mol.